The highest BCUT2D eigenvalue weighted by atomic mass is 16.5. The molecule has 0 N–H and O–H groups in total. The molecule has 1 aliphatic carbocycles. The monoisotopic (exact) mass is 294 g/mol. The third kappa shape index (κ3) is 5.39. The van der Waals surface area contributed by atoms with Gasteiger partial charge in [0.1, 0.15) is 5.78 Å². The van der Waals surface area contributed by atoms with Crippen LogP contribution in [0.4, 0.5) is 0 Å². The van der Waals surface area contributed by atoms with E-state index in [-0.39, 0.29) is 5.60 Å². The Balaban J connectivity index is 1.67. The van der Waals surface area contributed by atoms with Gasteiger partial charge in [-0.2, -0.15) is 0 Å². The summed E-state index contributed by atoms with van der Waals surface area (Å²) in [6.45, 7) is 3.06. The van der Waals surface area contributed by atoms with Crippen molar-refractivity contribution >= 4 is 5.78 Å². The van der Waals surface area contributed by atoms with E-state index in [4.69, 9.17) is 4.74 Å². The van der Waals surface area contributed by atoms with E-state index in [0.717, 1.165) is 32.3 Å². The highest BCUT2D eigenvalue weighted by Gasteiger charge is 2.40. The molecular weight excluding hydrogens is 260 g/mol. The van der Waals surface area contributed by atoms with Gasteiger partial charge in [-0.25, -0.2) is 0 Å². The van der Waals surface area contributed by atoms with Crippen LogP contribution in [0, 0.1) is 5.92 Å². The van der Waals surface area contributed by atoms with Gasteiger partial charge in [0.25, 0.3) is 0 Å². The van der Waals surface area contributed by atoms with Crippen LogP contribution in [0.25, 0.3) is 0 Å². The fourth-order valence-corrected chi connectivity index (χ4v) is 4.13. The molecule has 1 aliphatic heterocycles. The highest BCUT2D eigenvalue weighted by molar-refractivity contribution is 5.81. The maximum atomic E-state index is 12.5. The predicted molar refractivity (Wildman–Crippen MR) is 87.5 cm³/mol. The zero-order valence-electron chi connectivity index (χ0n) is 14.0. The molecule has 2 rings (SSSR count). The first-order valence-electron chi connectivity index (χ1n) is 9.42. The lowest BCUT2D eigenvalue weighted by Gasteiger charge is -2.43. The smallest absolute Gasteiger partial charge is 0.136 e. The van der Waals surface area contributed by atoms with Crippen LogP contribution in [0.15, 0.2) is 0 Å². The lowest BCUT2D eigenvalue weighted by atomic mass is 9.74. The van der Waals surface area contributed by atoms with Gasteiger partial charge in [-0.1, -0.05) is 58.3 Å². The third-order valence-corrected chi connectivity index (χ3v) is 5.49. The van der Waals surface area contributed by atoms with E-state index in [2.05, 4.69) is 6.92 Å². The molecule has 2 nitrogen and oxygen atoms in total. The van der Waals surface area contributed by atoms with Crippen LogP contribution in [-0.2, 0) is 9.53 Å². The Bertz CT molecular complexity index is 299. The highest BCUT2D eigenvalue weighted by Crippen LogP contribution is 2.41. The zero-order valence-corrected chi connectivity index (χ0v) is 14.0. The Morgan fingerprint density at radius 3 is 2.52 bits per heavy atom. The summed E-state index contributed by atoms with van der Waals surface area (Å²) in [6, 6.07) is 0. The van der Waals surface area contributed by atoms with Crippen LogP contribution in [-0.4, -0.2) is 18.0 Å². The number of carbonyl (C=O) groups excluding carboxylic acids is 1. The van der Waals surface area contributed by atoms with E-state index in [0.29, 0.717) is 11.7 Å². The van der Waals surface area contributed by atoms with E-state index in [1.807, 2.05) is 0 Å². The topological polar surface area (TPSA) is 26.3 Å². The van der Waals surface area contributed by atoms with Gasteiger partial charge < -0.3 is 4.74 Å². The molecule has 0 radical (unpaired) electrons. The lowest BCUT2D eigenvalue weighted by molar-refractivity contribution is -0.143. The minimum Gasteiger partial charge on any atom is -0.375 e. The summed E-state index contributed by atoms with van der Waals surface area (Å²) in [6.07, 6.45) is 16.7. The molecule has 0 amide bonds. The molecule has 1 saturated carbocycles. The molecule has 0 bridgehead atoms. The Morgan fingerprint density at radius 2 is 1.76 bits per heavy atom. The van der Waals surface area contributed by atoms with Gasteiger partial charge in [-0.3, -0.25) is 4.79 Å². The van der Waals surface area contributed by atoms with Crippen LogP contribution in [0.5, 0.6) is 0 Å². The normalized spacial score (nSPS) is 25.1. The van der Waals surface area contributed by atoms with Crippen molar-refractivity contribution in [1.29, 1.82) is 0 Å². The predicted octanol–water partition coefficient (Wildman–Crippen LogP) is 5.44. The van der Waals surface area contributed by atoms with E-state index < -0.39 is 0 Å². The summed E-state index contributed by atoms with van der Waals surface area (Å²) in [7, 11) is 0. The van der Waals surface area contributed by atoms with Crippen LogP contribution in [0.1, 0.15) is 96.8 Å². The van der Waals surface area contributed by atoms with E-state index in [1.54, 1.807) is 0 Å². The molecule has 0 aromatic heterocycles. The number of unbranched alkanes of at least 4 members (excludes halogenated alkanes) is 5. The first-order chi connectivity index (χ1) is 10.3. The van der Waals surface area contributed by atoms with Crippen molar-refractivity contribution in [2.45, 2.75) is 102 Å². The molecule has 1 atom stereocenters. The number of carbonyl (C=O) groups is 1. The van der Waals surface area contributed by atoms with Gasteiger partial charge >= 0.3 is 0 Å². The number of hydrogen-bond donors (Lipinski definition) is 0. The van der Waals surface area contributed by atoms with Crippen molar-refractivity contribution in [2.24, 2.45) is 5.92 Å². The third-order valence-electron chi connectivity index (χ3n) is 5.49. The van der Waals surface area contributed by atoms with Crippen LogP contribution in [0.2, 0.25) is 0 Å². The van der Waals surface area contributed by atoms with Crippen LogP contribution >= 0.6 is 0 Å². The number of ketones is 1. The minimum absolute atomic E-state index is 0.0813. The fourth-order valence-electron chi connectivity index (χ4n) is 4.13. The van der Waals surface area contributed by atoms with Crippen molar-refractivity contribution in [3.8, 4) is 0 Å². The number of ether oxygens (including phenoxy) is 1. The summed E-state index contributed by atoms with van der Waals surface area (Å²) in [5, 5.41) is 0. The van der Waals surface area contributed by atoms with Gasteiger partial charge in [0.2, 0.25) is 0 Å². The van der Waals surface area contributed by atoms with Crippen molar-refractivity contribution in [2.75, 3.05) is 6.61 Å². The molecule has 1 heterocycles. The quantitative estimate of drug-likeness (QED) is 0.557. The van der Waals surface area contributed by atoms with E-state index >= 15 is 0 Å². The van der Waals surface area contributed by atoms with Crippen LogP contribution < -0.4 is 0 Å². The Morgan fingerprint density at radius 1 is 1.05 bits per heavy atom. The molecule has 1 unspecified atom stereocenters. The maximum absolute atomic E-state index is 12.5. The Hall–Kier alpha value is -0.370. The van der Waals surface area contributed by atoms with Gasteiger partial charge in [0, 0.05) is 18.9 Å². The first kappa shape index (κ1) is 17.0. The molecule has 1 spiro atoms. The van der Waals surface area contributed by atoms with Crippen molar-refractivity contribution in [3.05, 3.63) is 0 Å². The summed E-state index contributed by atoms with van der Waals surface area (Å²) >= 11 is 0. The first-order valence-corrected chi connectivity index (χ1v) is 9.42. The number of rotatable bonds is 8. The van der Waals surface area contributed by atoms with E-state index in [1.165, 1.54) is 64.2 Å². The molecule has 122 valence electrons. The van der Waals surface area contributed by atoms with E-state index in [9.17, 15) is 4.79 Å². The van der Waals surface area contributed by atoms with Gasteiger partial charge in [-0.05, 0) is 32.1 Å². The summed E-state index contributed by atoms with van der Waals surface area (Å²) in [5.74, 6) is 0.825. The largest absolute Gasteiger partial charge is 0.375 e. The standard InChI is InChI=1S/C19H34O2/c1-2-3-4-5-6-8-11-18(20)17-12-15-21-19(16-17)13-9-7-10-14-19/h17H,2-16H2,1H3. The fraction of sp³-hybridized carbons (Fsp3) is 0.947. The minimum atomic E-state index is 0.0813. The van der Waals surface area contributed by atoms with Gasteiger partial charge in [0.15, 0.2) is 0 Å². The lowest BCUT2D eigenvalue weighted by Crippen LogP contribution is -2.43. The molecule has 0 aromatic carbocycles. The summed E-state index contributed by atoms with van der Waals surface area (Å²) < 4.78 is 6.10. The van der Waals surface area contributed by atoms with Gasteiger partial charge in [-0.15, -0.1) is 0 Å². The zero-order chi connectivity index (χ0) is 15.0. The molecule has 2 aliphatic rings. The van der Waals surface area contributed by atoms with Crippen molar-refractivity contribution < 1.29 is 9.53 Å². The molecular formula is C19H34O2. The van der Waals surface area contributed by atoms with Crippen molar-refractivity contribution in [3.63, 3.8) is 0 Å². The number of hydrogen-bond acceptors (Lipinski definition) is 2. The van der Waals surface area contributed by atoms with Gasteiger partial charge in [0.05, 0.1) is 5.60 Å². The van der Waals surface area contributed by atoms with Crippen LogP contribution in [0.3, 0.4) is 0 Å². The SMILES string of the molecule is CCCCCCCCC(=O)C1CCOC2(CCCCC2)C1. The average Bonchev–Trinajstić information content (AvgIpc) is 2.51. The Kier molecular flexibility index (Phi) is 7.22. The molecule has 2 fully saturated rings. The molecule has 0 aromatic rings. The van der Waals surface area contributed by atoms with Crippen molar-refractivity contribution in [1.82, 2.24) is 0 Å². The second-order valence-corrected chi connectivity index (χ2v) is 7.27. The molecule has 21 heavy (non-hydrogen) atoms. The summed E-state index contributed by atoms with van der Waals surface area (Å²) in [5.41, 5.74) is 0.0813. The Labute approximate surface area is 131 Å². The number of Topliss-reactive ketones (excluding diaryl/α,β-unsaturated/α-hetero) is 1. The average molecular weight is 294 g/mol. The second-order valence-electron chi connectivity index (χ2n) is 7.27. The molecule has 2 heteroatoms. The molecule has 1 saturated heterocycles. The maximum Gasteiger partial charge on any atom is 0.136 e. The second kappa shape index (κ2) is 8.92. The summed E-state index contributed by atoms with van der Waals surface area (Å²) in [4.78, 5) is 12.5.